The van der Waals surface area contributed by atoms with E-state index in [0.717, 1.165) is 18.3 Å². The zero-order chi connectivity index (χ0) is 10.1. The summed E-state index contributed by atoms with van der Waals surface area (Å²) in [4.78, 5) is 0. The second-order valence-electron chi connectivity index (χ2n) is 4.70. The fraction of sp³-hybridized carbons (Fsp3) is 0.538. The molecule has 0 saturated carbocycles. The summed E-state index contributed by atoms with van der Waals surface area (Å²) in [6.45, 7) is 4.58. The molecule has 1 aromatic carbocycles. The van der Waals surface area contributed by atoms with Crippen LogP contribution in [0, 0.1) is 11.8 Å². The van der Waals surface area contributed by atoms with Crippen molar-refractivity contribution in [2.45, 2.75) is 33.1 Å². The first-order chi connectivity index (χ1) is 6.66. The summed E-state index contributed by atoms with van der Waals surface area (Å²) in [5.74, 6) is 1.96. The molecular formula is C13H18O. The van der Waals surface area contributed by atoms with Crippen LogP contribution in [-0.2, 0) is 12.8 Å². The summed E-state index contributed by atoms with van der Waals surface area (Å²) in [6, 6.07) is 5.81. The molecule has 0 aromatic heterocycles. The average Bonchev–Trinajstić information content (AvgIpc) is 2.16. The number of benzene rings is 1. The zero-order valence-electron chi connectivity index (χ0n) is 8.96. The van der Waals surface area contributed by atoms with Crippen molar-refractivity contribution in [3.05, 3.63) is 29.3 Å². The van der Waals surface area contributed by atoms with Gasteiger partial charge in [-0.1, -0.05) is 19.9 Å². The zero-order valence-corrected chi connectivity index (χ0v) is 8.96. The fourth-order valence-corrected chi connectivity index (χ4v) is 2.34. The first-order valence-electron chi connectivity index (χ1n) is 5.47. The highest BCUT2D eigenvalue weighted by atomic mass is 16.3. The van der Waals surface area contributed by atoms with Crippen molar-refractivity contribution in [1.82, 2.24) is 0 Å². The second-order valence-corrected chi connectivity index (χ2v) is 4.70. The topological polar surface area (TPSA) is 20.2 Å². The summed E-state index contributed by atoms with van der Waals surface area (Å²) in [5.41, 5.74) is 2.79. The average molecular weight is 190 g/mol. The number of aromatic hydroxyl groups is 1. The van der Waals surface area contributed by atoms with Gasteiger partial charge in [0.15, 0.2) is 0 Å². The predicted octanol–water partition coefficient (Wildman–Crippen LogP) is 3.15. The molecule has 0 heterocycles. The molecule has 1 unspecified atom stereocenters. The maximum Gasteiger partial charge on any atom is 0.115 e. The third kappa shape index (κ3) is 1.77. The Hall–Kier alpha value is -0.980. The number of hydrogen-bond donors (Lipinski definition) is 1. The number of phenols is 1. The van der Waals surface area contributed by atoms with Crippen molar-refractivity contribution in [2.24, 2.45) is 11.8 Å². The molecule has 1 nitrogen and oxygen atoms in total. The molecular weight excluding hydrogens is 172 g/mol. The van der Waals surface area contributed by atoms with Crippen molar-refractivity contribution in [2.75, 3.05) is 0 Å². The van der Waals surface area contributed by atoms with Crippen LogP contribution in [0.3, 0.4) is 0 Å². The third-order valence-corrected chi connectivity index (χ3v) is 3.40. The van der Waals surface area contributed by atoms with E-state index in [9.17, 15) is 5.11 Å². The van der Waals surface area contributed by atoms with Gasteiger partial charge in [0.2, 0.25) is 0 Å². The van der Waals surface area contributed by atoms with Crippen LogP contribution in [0.4, 0.5) is 0 Å². The third-order valence-electron chi connectivity index (χ3n) is 3.40. The van der Waals surface area contributed by atoms with Crippen LogP contribution in [-0.4, -0.2) is 5.11 Å². The van der Waals surface area contributed by atoms with Gasteiger partial charge in [0.05, 0.1) is 0 Å². The SMILES string of the molecule is CC(C)C1CCc2ccc(O)cc2C1. The quantitative estimate of drug-likeness (QED) is 0.721. The molecule has 0 saturated heterocycles. The van der Waals surface area contributed by atoms with Gasteiger partial charge in [-0.2, -0.15) is 0 Å². The largest absolute Gasteiger partial charge is 0.508 e. The summed E-state index contributed by atoms with van der Waals surface area (Å²) >= 11 is 0. The van der Waals surface area contributed by atoms with Crippen molar-refractivity contribution in [3.63, 3.8) is 0 Å². The van der Waals surface area contributed by atoms with Crippen LogP contribution >= 0.6 is 0 Å². The Labute approximate surface area is 85.8 Å². The van der Waals surface area contributed by atoms with Crippen molar-refractivity contribution in [1.29, 1.82) is 0 Å². The summed E-state index contributed by atoms with van der Waals surface area (Å²) in [6.07, 6.45) is 3.62. The Morgan fingerprint density at radius 1 is 1.29 bits per heavy atom. The van der Waals surface area contributed by atoms with Gasteiger partial charge < -0.3 is 5.11 Å². The smallest absolute Gasteiger partial charge is 0.115 e. The van der Waals surface area contributed by atoms with Gasteiger partial charge >= 0.3 is 0 Å². The molecule has 0 spiro atoms. The van der Waals surface area contributed by atoms with Gasteiger partial charge in [-0.25, -0.2) is 0 Å². The normalized spacial score (nSPS) is 20.9. The molecule has 0 amide bonds. The number of rotatable bonds is 1. The maximum absolute atomic E-state index is 9.41. The van der Waals surface area contributed by atoms with Crippen LogP contribution in [0.5, 0.6) is 5.75 Å². The Bertz CT molecular complexity index is 328. The van der Waals surface area contributed by atoms with Gasteiger partial charge in [-0.05, 0) is 54.4 Å². The van der Waals surface area contributed by atoms with Gasteiger partial charge in [0, 0.05) is 0 Å². The molecule has 1 atom stereocenters. The molecule has 1 heteroatoms. The number of aryl methyl sites for hydroxylation is 1. The van der Waals surface area contributed by atoms with E-state index in [4.69, 9.17) is 0 Å². The van der Waals surface area contributed by atoms with E-state index < -0.39 is 0 Å². The molecule has 1 aromatic rings. The minimum Gasteiger partial charge on any atom is -0.508 e. The van der Waals surface area contributed by atoms with Crippen molar-refractivity contribution in [3.8, 4) is 5.75 Å². The van der Waals surface area contributed by atoms with Crippen LogP contribution < -0.4 is 0 Å². The Morgan fingerprint density at radius 3 is 2.79 bits per heavy atom. The molecule has 1 N–H and O–H groups in total. The van der Waals surface area contributed by atoms with Crippen LogP contribution in [0.2, 0.25) is 0 Å². The highest BCUT2D eigenvalue weighted by Gasteiger charge is 2.20. The Morgan fingerprint density at radius 2 is 2.07 bits per heavy atom. The lowest BCUT2D eigenvalue weighted by molar-refractivity contribution is 0.342. The molecule has 1 aliphatic carbocycles. The van der Waals surface area contributed by atoms with E-state index in [1.54, 1.807) is 6.07 Å². The minimum atomic E-state index is 0.410. The first kappa shape index (κ1) is 9.57. The van der Waals surface area contributed by atoms with E-state index in [1.807, 2.05) is 6.07 Å². The lowest BCUT2D eigenvalue weighted by Gasteiger charge is -2.27. The van der Waals surface area contributed by atoms with Gasteiger partial charge in [-0.15, -0.1) is 0 Å². The molecule has 0 radical (unpaired) electrons. The predicted molar refractivity (Wildman–Crippen MR) is 58.5 cm³/mol. The van der Waals surface area contributed by atoms with E-state index in [2.05, 4.69) is 19.9 Å². The van der Waals surface area contributed by atoms with E-state index in [0.29, 0.717) is 5.75 Å². The summed E-state index contributed by atoms with van der Waals surface area (Å²) in [5, 5.41) is 9.41. The molecule has 1 aliphatic rings. The summed E-state index contributed by atoms with van der Waals surface area (Å²) in [7, 11) is 0. The molecule has 14 heavy (non-hydrogen) atoms. The van der Waals surface area contributed by atoms with Crippen molar-refractivity contribution >= 4 is 0 Å². The maximum atomic E-state index is 9.41. The summed E-state index contributed by atoms with van der Waals surface area (Å²) < 4.78 is 0. The lowest BCUT2D eigenvalue weighted by Crippen LogP contribution is -2.18. The fourth-order valence-electron chi connectivity index (χ4n) is 2.34. The molecule has 76 valence electrons. The molecule has 2 rings (SSSR count). The molecule has 0 bridgehead atoms. The van der Waals surface area contributed by atoms with E-state index >= 15 is 0 Å². The Balaban J connectivity index is 2.24. The van der Waals surface area contributed by atoms with E-state index in [1.165, 1.54) is 24.0 Å². The van der Waals surface area contributed by atoms with Crippen LogP contribution in [0.25, 0.3) is 0 Å². The van der Waals surface area contributed by atoms with Crippen molar-refractivity contribution < 1.29 is 5.11 Å². The second kappa shape index (κ2) is 3.64. The van der Waals surface area contributed by atoms with Gasteiger partial charge in [-0.3, -0.25) is 0 Å². The highest BCUT2D eigenvalue weighted by Crippen LogP contribution is 2.31. The number of phenolic OH excluding ortho intramolecular Hbond substituents is 1. The molecule has 0 aliphatic heterocycles. The van der Waals surface area contributed by atoms with Crippen LogP contribution in [0.1, 0.15) is 31.4 Å². The van der Waals surface area contributed by atoms with Gasteiger partial charge in [0.25, 0.3) is 0 Å². The monoisotopic (exact) mass is 190 g/mol. The van der Waals surface area contributed by atoms with Gasteiger partial charge in [0.1, 0.15) is 5.75 Å². The lowest BCUT2D eigenvalue weighted by atomic mass is 9.78. The molecule has 0 fully saturated rings. The first-order valence-corrected chi connectivity index (χ1v) is 5.47. The van der Waals surface area contributed by atoms with Crippen LogP contribution in [0.15, 0.2) is 18.2 Å². The van der Waals surface area contributed by atoms with E-state index in [-0.39, 0.29) is 0 Å². The highest BCUT2D eigenvalue weighted by molar-refractivity contribution is 5.36. The standard InChI is InChI=1S/C13H18O/c1-9(2)11-4-3-10-5-6-13(14)8-12(10)7-11/h5-6,8-9,11,14H,3-4,7H2,1-2H3. The Kier molecular flexibility index (Phi) is 2.49. The number of hydrogen-bond acceptors (Lipinski definition) is 1. The number of fused-ring (bicyclic) bond motifs is 1. The minimum absolute atomic E-state index is 0.410.